The highest BCUT2D eigenvalue weighted by molar-refractivity contribution is 5.85. The normalized spacial score (nSPS) is 29.9. The van der Waals surface area contributed by atoms with Crippen molar-refractivity contribution in [3.05, 3.63) is 35.5 Å². The second-order valence-electron chi connectivity index (χ2n) is 6.50. The predicted molar refractivity (Wildman–Crippen MR) is 82.1 cm³/mol. The van der Waals surface area contributed by atoms with Gasteiger partial charge in [-0.2, -0.15) is 0 Å². The van der Waals surface area contributed by atoms with E-state index in [1.807, 2.05) is 0 Å². The van der Waals surface area contributed by atoms with Crippen LogP contribution < -0.4 is 0 Å². The van der Waals surface area contributed by atoms with Crippen LogP contribution in [0.2, 0.25) is 0 Å². The Labute approximate surface area is 124 Å². The Kier molecular flexibility index (Phi) is 3.25. The van der Waals surface area contributed by atoms with Gasteiger partial charge >= 0.3 is 0 Å². The van der Waals surface area contributed by atoms with Gasteiger partial charge in [-0.15, -0.1) is 0 Å². The number of aromatic amines is 1. The van der Waals surface area contributed by atoms with Crippen LogP contribution in [0.4, 0.5) is 0 Å². The molecule has 4 rings (SSSR count). The topological polar surface area (TPSA) is 59.5 Å². The Hall–Kier alpha value is -1.36. The van der Waals surface area contributed by atoms with Crippen LogP contribution in [0.25, 0.3) is 10.9 Å². The zero-order valence-corrected chi connectivity index (χ0v) is 12.1. The van der Waals surface area contributed by atoms with Crippen molar-refractivity contribution in [1.29, 1.82) is 0 Å². The van der Waals surface area contributed by atoms with Gasteiger partial charge in [0.1, 0.15) is 0 Å². The van der Waals surface area contributed by atoms with Crippen molar-refractivity contribution in [3.8, 4) is 0 Å². The van der Waals surface area contributed by atoms with Crippen molar-refractivity contribution in [2.24, 2.45) is 5.92 Å². The van der Waals surface area contributed by atoms with Crippen LogP contribution in [-0.4, -0.2) is 45.9 Å². The van der Waals surface area contributed by atoms with E-state index in [4.69, 9.17) is 0 Å². The molecular weight excluding hydrogens is 264 g/mol. The van der Waals surface area contributed by atoms with Gasteiger partial charge < -0.3 is 15.2 Å². The van der Waals surface area contributed by atoms with Crippen LogP contribution >= 0.6 is 0 Å². The number of H-pyrrole nitrogens is 1. The molecule has 4 heteroatoms. The van der Waals surface area contributed by atoms with E-state index in [1.54, 1.807) is 0 Å². The maximum absolute atomic E-state index is 10.2. The van der Waals surface area contributed by atoms with E-state index in [1.165, 1.54) is 22.2 Å². The van der Waals surface area contributed by atoms with E-state index in [0.717, 1.165) is 25.9 Å². The molecule has 0 radical (unpaired) electrons. The average molecular weight is 286 g/mol. The summed E-state index contributed by atoms with van der Waals surface area (Å²) in [6.07, 6.45) is 2.34. The first-order chi connectivity index (χ1) is 10.3. The van der Waals surface area contributed by atoms with Crippen LogP contribution in [0.1, 0.15) is 30.1 Å². The van der Waals surface area contributed by atoms with E-state index in [0.29, 0.717) is 12.5 Å². The fourth-order valence-corrected chi connectivity index (χ4v) is 4.14. The quantitative estimate of drug-likeness (QED) is 0.749. The molecular formula is C17H22N2O2. The number of fused-ring (bicyclic) bond motifs is 5. The Bertz CT molecular complexity index is 651. The number of hydrogen-bond donors (Lipinski definition) is 3. The molecule has 112 valence electrons. The number of aliphatic hydroxyl groups is 2. The number of benzene rings is 1. The van der Waals surface area contributed by atoms with Gasteiger partial charge in [0.25, 0.3) is 0 Å². The molecule has 0 amide bonds. The summed E-state index contributed by atoms with van der Waals surface area (Å²) in [6, 6.07) is 8.78. The smallest absolute Gasteiger partial charge is 0.0670 e. The molecule has 1 aromatic carbocycles. The summed E-state index contributed by atoms with van der Waals surface area (Å²) in [6.45, 7) is 1.88. The second-order valence-corrected chi connectivity index (χ2v) is 6.50. The number of para-hydroxylation sites is 1. The highest BCUT2D eigenvalue weighted by Crippen LogP contribution is 2.40. The standard InChI is InChI=1S/C17H22N2O2/c20-10-11-7-12(21)9-19-6-5-14-13-3-1-2-4-15(13)18-17(14)16(19)8-11/h1-4,11-12,16,18,20-21H,5-10H2/t11-,12-,16+/m0/s1. The van der Waals surface area contributed by atoms with Crippen molar-refractivity contribution in [2.75, 3.05) is 19.7 Å². The Morgan fingerprint density at radius 1 is 1.24 bits per heavy atom. The minimum atomic E-state index is -0.321. The molecule has 2 aliphatic rings. The molecule has 2 aliphatic heterocycles. The third kappa shape index (κ3) is 2.18. The molecule has 3 N–H and O–H groups in total. The number of aliphatic hydroxyl groups excluding tert-OH is 2. The molecule has 0 unspecified atom stereocenters. The largest absolute Gasteiger partial charge is 0.396 e. The molecule has 21 heavy (non-hydrogen) atoms. The molecule has 2 aromatic rings. The molecule has 0 aliphatic carbocycles. The minimum Gasteiger partial charge on any atom is -0.396 e. The minimum absolute atomic E-state index is 0.164. The van der Waals surface area contributed by atoms with Crippen LogP contribution in [0.15, 0.2) is 24.3 Å². The summed E-state index contributed by atoms with van der Waals surface area (Å²) in [7, 11) is 0. The van der Waals surface area contributed by atoms with Crippen molar-refractivity contribution in [1.82, 2.24) is 9.88 Å². The maximum Gasteiger partial charge on any atom is 0.0670 e. The molecule has 0 bridgehead atoms. The van der Waals surface area contributed by atoms with Gasteiger partial charge in [-0.3, -0.25) is 4.90 Å². The third-order valence-electron chi connectivity index (χ3n) is 5.14. The zero-order chi connectivity index (χ0) is 14.4. The lowest BCUT2D eigenvalue weighted by molar-refractivity contribution is 0.0920. The summed E-state index contributed by atoms with van der Waals surface area (Å²) in [4.78, 5) is 5.98. The van der Waals surface area contributed by atoms with Gasteiger partial charge in [-0.1, -0.05) is 18.2 Å². The molecule has 1 saturated heterocycles. The average Bonchev–Trinajstić information content (AvgIpc) is 2.78. The second kappa shape index (κ2) is 5.13. The fraction of sp³-hybridized carbons (Fsp3) is 0.529. The van der Waals surface area contributed by atoms with Crippen LogP contribution in [0, 0.1) is 5.92 Å². The molecule has 0 spiro atoms. The highest BCUT2D eigenvalue weighted by Gasteiger charge is 2.36. The molecule has 1 aromatic heterocycles. The lowest BCUT2D eigenvalue weighted by Crippen LogP contribution is -2.38. The van der Waals surface area contributed by atoms with Gasteiger partial charge in [-0.25, -0.2) is 0 Å². The summed E-state index contributed by atoms with van der Waals surface area (Å²) in [5.41, 5.74) is 3.93. The summed E-state index contributed by atoms with van der Waals surface area (Å²) in [5.74, 6) is 0.187. The Morgan fingerprint density at radius 3 is 2.95 bits per heavy atom. The van der Waals surface area contributed by atoms with Crippen molar-refractivity contribution >= 4 is 10.9 Å². The molecule has 4 nitrogen and oxygen atoms in total. The van der Waals surface area contributed by atoms with Crippen LogP contribution in [-0.2, 0) is 6.42 Å². The summed E-state index contributed by atoms with van der Waals surface area (Å²) < 4.78 is 0. The van der Waals surface area contributed by atoms with E-state index < -0.39 is 0 Å². The van der Waals surface area contributed by atoms with Crippen molar-refractivity contribution in [2.45, 2.75) is 31.4 Å². The molecule has 3 heterocycles. The monoisotopic (exact) mass is 286 g/mol. The van der Waals surface area contributed by atoms with Crippen LogP contribution in [0.3, 0.4) is 0 Å². The van der Waals surface area contributed by atoms with Crippen molar-refractivity contribution in [3.63, 3.8) is 0 Å². The van der Waals surface area contributed by atoms with E-state index in [-0.39, 0.29) is 18.6 Å². The summed E-state index contributed by atoms with van der Waals surface area (Å²) >= 11 is 0. The highest BCUT2D eigenvalue weighted by atomic mass is 16.3. The first kappa shape index (κ1) is 13.3. The van der Waals surface area contributed by atoms with E-state index in [2.05, 4.69) is 34.1 Å². The Balaban J connectivity index is 1.78. The van der Waals surface area contributed by atoms with Gasteiger partial charge in [0.05, 0.1) is 12.1 Å². The molecule has 1 fully saturated rings. The lowest BCUT2D eigenvalue weighted by Gasteiger charge is -2.35. The lowest BCUT2D eigenvalue weighted by atomic mass is 9.91. The maximum atomic E-state index is 10.2. The first-order valence-electron chi connectivity index (χ1n) is 7.88. The fourth-order valence-electron chi connectivity index (χ4n) is 4.14. The van der Waals surface area contributed by atoms with Gasteiger partial charge in [0.15, 0.2) is 0 Å². The Morgan fingerprint density at radius 2 is 2.10 bits per heavy atom. The SMILES string of the molecule is OC[C@H]1C[C@H](O)CN2CCc3c([nH]c4ccccc34)[C@H]2C1. The number of hydrogen-bond acceptors (Lipinski definition) is 3. The van der Waals surface area contributed by atoms with Gasteiger partial charge in [-0.05, 0) is 36.8 Å². The molecule has 3 atom stereocenters. The van der Waals surface area contributed by atoms with Gasteiger partial charge in [0, 0.05) is 36.3 Å². The van der Waals surface area contributed by atoms with Gasteiger partial charge in [0.2, 0.25) is 0 Å². The summed E-state index contributed by atoms with van der Waals surface area (Å²) in [5, 5.41) is 21.1. The molecule has 0 saturated carbocycles. The number of aromatic nitrogens is 1. The van der Waals surface area contributed by atoms with Crippen LogP contribution in [0.5, 0.6) is 0 Å². The van der Waals surface area contributed by atoms with Crippen molar-refractivity contribution < 1.29 is 10.2 Å². The van der Waals surface area contributed by atoms with E-state index in [9.17, 15) is 10.2 Å². The number of nitrogens with zero attached hydrogens (tertiary/aromatic N) is 1. The number of rotatable bonds is 1. The zero-order valence-electron chi connectivity index (χ0n) is 12.1. The predicted octanol–water partition coefficient (Wildman–Crippen LogP) is 1.83. The third-order valence-corrected chi connectivity index (χ3v) is 5.14. The van der Waals surface area contributed by atoms with E-state index >= 15 is 0 Å². The first-order valence-corrected chi connectivity index (χ1v) is 7.88. The number of nitrogens with one attached hydrogen (secondary N) is 1.